The molecular weight excluding hydrogens is 284 g/mol. The number of carbonyl (C=O) groups excluding carboxylic acids is 2. The van der Waals surface area contributed by atoms with Gasteiger partial charge >= 0.3 is 6.09 Å². The molecule has 0 unspecified atom stereocenters. The van der Waals surface area contributed by atoms with Crippen LogP contribution in [0, 0.1) is 5.92 Å². The maximum absolute atomic E-state index is 11.9. The normalized spacial score (nSPS) is 17.6. The lowest BCUT2D eigenvalue weighted by Gasteiger charge is -2.24. The Kier molecular flexibility index (Phi) is 7.65. The lowest BCUT2D eigenvalue weighted by atomic mass is 9.93. The number of likely N-dealkylation sites (N-methyl/N-ethyl adjacent to an activating group) is 1. The molecule has 2 N–H and O–H groups in total. The number of alkyl carbamates (subject to hydrolysis) is 1. The van der Waals surface area contributed by atoms with Crippen molar-refractivity contribution in [1.82, 2.24) is 10.6 Å². The molecule has 0 bridgehead atoms. The average molecular weight is 314 g/mol. The van der Waals surface area contributed by atoms with E-state index in [0.717, 1.165) is 38.9 Å². The van der Waals surface area contributed by atoms with Gasteiger partial charge in [0.2, 0.25) is 0 Å². The number of rotatable bonds is 6. The Labute approximate surface area is 133 Å². The Balaban J connectivity index is 2.39. The van der Waals surface area contributed by atoms with Crippen LogP contribution in [0.4, 0.5) is 4.79 Å². The van der Waals surface area contributed by atoms with Gasteiger partial charge < -0.3 is 20.1 Å². The van der Waals surface area contributed by atoms with Gasteiger partial charge in [-0.25, -0.2) is 4.79 Å². The van der Waals surface area contributed by atoms with Crippen LogP contribution in [0.3, 0.4) is 0 Å². The van der Waals surface area contributed by atoms with Crippen LogP contribution in [0.2, 0.25) is 0 Å². The fourth-order valence-electron chi connectivity index (χ4n) is 2.50. The zero-order valence-corrected chi connectivity index (χ0v) is 14.2. The third-order valence-electron chi connectivity index (χ3n) is 3.68. The SMILES string of the molecule is CNC(=O)[C@H](CCCC1CCOCC1)OC(=O)NC(C)(C)C. The fraction of sp³-hybridized carbons (Fsp3) is 0.875. The monoisotopic (exact) mass is 314 g/mol. The van der Waals surface area contributed by atoms with E-state index in [4.69, 9.17) is 9.47 Å². The second kappa shape index (κ2) is 8.98. The molecule has 1 atom stereocenters. The molecule has 6 heteroatoms. The van der Waals surface area contributed by atoms with Crippen molar-refractivity contribution in [2.45, 2.75) is 64.5 Å². The fourth-order valence-corrected chi connectivity index (χ4v) is 2.50. The first-order valence-electron chi connectivity index (χ1n) is 8.10. The number of amides is 2. The molecule has 0 aromatic rings. The molecule has 1 aliphatic rings. The number of nitrogens with one attached hydrogen (secondary N) is 2. The zero-order valence-electron chi connectivity index (χ0n) is 14.2. The van der Waals surface area contributed by atoms with E-state index < -0.39 is 12.2 Å². The van der Waals surface area contributed by atoms with Crippen LogP contribution in [0.25, 0.3) is 0 Å². The number of hydrogen-bond acceptors (Lipinski definition) is 4. The molecule has 0 radical (unpaired) electrons. The van der Waals surface area contributed by atoms with Crippen LogP contribution in [0.5, 0.6) is 0 Å². The van der Waals surface area contributed by atoms with Gasteiger partial charge in [0.15, 0.2) is 6.10 Å². The highest BCUT2D eigenvalue weighted by Crippen LogP contribution is 2.21. The molecular formula is C16H30N2O4. The van der Waals surface area contributed by atoms with E-state index >= 15 is 0 Å². The molecule has 0 saturated carbocycles. The molecule has 6 nitrogen and oxygen atoms in total. The van der Waals surface area contributed by atoms with Gasteiger partial charge in [0.05, 0.1) is 0 Å². The zero-order chi connectivity index (χ0) is 16.6. The summed E-state index contributed by atoms with van der Waals surface area (Å²) in [6.07, 6.45) is 3.34. The Morgan fingerprint density at radius 2 is 1.91 bits per heavy atom. The third-order valence-corrected chi connectivity index (χ3v) is 3.68. The van der Waals surface area contributed by atoms with Crippen LogP contribution in [-0.4, -0.2) is 43.9 Å². The van der Waals surface area contributed by atoms with Gasteiger partial charge in [-0.1, -0.05) is 6.42 Å². The Morgan fingerprint density at radius 3 is 2.45 bits per heavy atom. The molecule has 0 aliphatic carbocycles. The van der Waals surface area contributed by atoms with Crippen molar-refractivity contribution in [3.63, 3.8) is 0 Å². The highest BCUT2D eigenvalue weighted by molar-refractivity contribution is 5.83. The minimum Gasteiger partial charge on any atom is -0.436 e. The van der Waals surface area contributed by atoms with Crippen molar-refractivity contribution >= 4 is 12.0 Å². The highest BCUT2D eigenvalue weighted by atomic mass is 16.6. The van der Waals surface area contributed by atoms with E-state index in [1.165, 1.54) is 0 Å². The van der Waals surface area contributed by atoms with Gasteiger partial charge in [0.1, 0.15) is 0 Å². The summed E-state index contributed by atoms with van der Waals surface area (Å²) in [6, 6.07) is 0. The summed E-state index contributed by atoms with van der Waals surface area (Å²) in [5.41, 5.74) is -0.383. The van der Waals surface area contributed by atoms with Gasteiger partial charge in [0, 0.05) is 25.8 Å². The van der Waals surface area contributed by atoms with Crippen molar-refractivity contribution in [3.8, 4) is 0 Å². The summed E-state index contributed by atoms with van der Waals surface area (Å²) in [6.45, 7) is 7.26. The van der Waals surface area contributed by atoms with Crippen LogP contribution in [-0.2, 0) is 14.3 Å². The first-order valence-corrected chi connectivity index (χ1v) is 8.10. The Hall–Kier alpha value is -1.30. The van der Waals surface area contributed by atoms with E-state index in [9.17, 15) is 9.59 Å². The van der Waals surface area contributed by atoms with Crippen LogP contribution < -0.4 is 10.6 Å². The Bertz CT molecular complexity index is 360. The number of carbonyl (C=O) groups is 2. The molecule has 1 saturated heterocycles. The molecule has 0 aromatic heterocycles. The largest absolute Gasteiger partial charge is 0.436 e. The van der Waals surface area contributed by atoms with E-state index in [1.807, 2.05) is 20.8 Å². The molecule has 1 aliphatic heterocycles. The molecule has 0 aromatic carbocycles. The van der Waals surface area contributed by atoms with Gasteiger partial charge in [-0.05, 0) is 52.4 Å². The van der Waals surface area contributed by atoms with Crippen molar-refractivity contribution in [1.29, 1.82) is 0 Å². The molecule has 128 valence electrons. The van der Waals surface area contributed by atoms with Crippen LogP contribution in [0.15, 0.2) is 0 Å². The molecule has 1 fully saturated rings. The summed E-state index contributed by atoms with van der Waals surface area (Å²) in [4.78, 5) is 23.7. The third kappa shape index (κ3) is 7.64. The predicted octanol–water partition coefficient (Wildman–Crippen LogP) is 2.22. The standard InChI is InChI=1S/C16H30N2O4/c1-16(2,3)18-15(20)22-13(14(19)17-4)7-5-6-12-8-10-21-11-9-12/h12-13H,5-11H2,1-4H3,(H,17,19)(H,18,20)/t13-/m0/s1. The van der Waals surface area contributed by atoms with Gasteiger partial charge in [-0.2, -0.15) is 0 Å². The van der Waals surface area contributed by atoms with Crippen molar-refractivity contribution in [2.24, 2.45) is 5.92 Å². The van der Waals surface area contributed by atoms with Gasteiger partial charge in [-0.3, -0.25) is 4.79 Å². The smallest absolute Gasteiger partial charge is 0.408 e. The summed E-state index contributed by atoms with van der Waals surface area (Å²) in [5, 5.41) is 5.27. The summed E-state index contributed by atoms with van der Waals surface area (Å²) in [5.74, 6) is 0.401. The number of hydrogen-bond donors (Lipinski definition) is 2. The quantitative estimate of drug-likeness (QED) is 0.788. The first kappa shape index (κ1) is 18.7. The second-order valence-corrected chi connectivity index (χ2v) is 6.87. The van der Waals surface area contributed by atoms with Crippen molar-refractivity contribution < 1.29 is 19.1 Å². The second-order valence-electron chi connectivity index (χ2n) is 6.87. The molecule has 1 rings (SSSR count). The average Bonchev–Trinajstić information content (AvgIpc) is 2.44. The number of ether oxygens (including phenoxy) is 2. The minimum absolute atomic E-state index is 0.254. The molecule has 0 spiro atoms. The highest BCUT2D eigenvalue weighted by Gasteiger charge is 2.24. The first-order chi connectivity index (χ1) is 10.3. The summed E-state index contributed by atoms with van der Waals surface area (Å²) < 4.78 is 10.6. The predicted molar refractivity (Wildman–Crippen MR) is 84.6 cm³/mol. The summed E-state index contributed by atoms with van der Waals surface area (Å²) >= 11 is 0. The lowest BCUT2D eigenvalue weighted by Crippen LogP contribution is -2.45. The lowest BCUT2D eigenvalue weighted by molar-refractivity contribution is -0.129. The minimum atomic E-state index is -0.729. The maximum atomic E-state index is 11.9. The molecule has 1 heterocycles. The van der Waals surface area contributed by atoms with Crippen molar-refractivity contribution in [2.75, 3.05) is 20.3 Å². The van der Waals surface area contributed by atoms with E-state index in [0.29, 0.717) is 12.3 Å². The molecule has 22 heavy (non-hydrogen) atoms. The van der Waals surface area contributed by atoms with Crippen molar-refractivity contribution in [3.05, 3.63) is 0 Å². The molecule has 2 amide bonds. The van der Waals surface area contributed by atoms with E-state index in [2.05, 4.69) is 10.6 Å². The summed E-state index contributed by atoms with van der Waals surface area (Å²) in [7, 11) is 1.55. The van der Waals surface area contributed by atoms with Gasteiger partial charge in [-0.15, -0.1) is 0 Å². The van der Waals surface area contributed by atoms with E-state index in [-0.39, 0.29) is 11.4 Å². The van der Waals surface area contributed by atoms with Crippen LogP contribution in [0.1, 0.15) is 52.9 Å². The van der Waals surface area contributed by atoms with Gasteiger partial charge in [0.25, 0.3) is 5.91 Å². The topological polar surface area (TPSA) is 76.7 Å². The Morgan fingerprint density at radius 1 is 1.27 bits per heavy atom. The van der Waals surface area contributed by atoms with Crippen LogP contribution >= 0.6 is 0 Å². The maximum Gasteiger partial charge on any atom is 0.408 e. The van der Waals surface area contributed by atoms with E-state index in [1.54, 1.807) is 7.05 Å².